The standard InChI is InChI=1S/C17H30N2O3S/c1-5-21-16(20)19-17(23-13-7-11-18)22-12-10-15(4)9-6-8-14(2)3/h14-15H,5-10,12-13H2,1-4H3. The maximum atomic E-state index is 11.4. The van der Waals surface area contributed by atoms with E-state index >= 15 is 0 Å². The molecule has 1 unspecified atom stereocenters. The number of carbonyl (C=O) groups is 1. The van der Waals surface area contributed by atoms with Crippen LogP contribution in [-0.4, -0.2) is 30.3 Å². The van der Waals surface area contributed by atoms with Crippen LogP contribution in [0.25, 0.3) is 0 Å². The van der Waals surface area contributed by atoms with E-state index < -0.39 is 6.09 Å². The highest BCUT2D eigenvalue weighted by Crippen LogP contribution is 2.16. The topological polar surface area (TPSA) is 71.7 Å². The summed E-state index contributed by atoms with van der Waals surface area (Å²) in [5, 5.41) is 8.88. The molecule has 0 heterocycles. The average molecular weight is 343 g/mol. The minimum atomic E-state index is -0.642. The number of hydrogen-bond donors (Lipinski definition) is 0. The number of hydrogen-bond acceptors (Lipinski definition) is 5. The molecule has 0 aromatic heterocycles. The van der Waals surface area contributed by atoms with Gasteiger partial charge in [-0.1, -0.05) is 51.8 Å². The Hall–Kier alpha value is -1.22. The largest absolute Gasteiger partial charge is 0.473 e. The van der Waals surface area contributed by atoms with Crippen LogP contribution in [0.3, 0.4) is 0 Å². The van der Waals surface area contributed by atoms with Gasteiger partial charge < -0.3 is 9.47 Å². The number of thioether (sulfide) groups is 1. The third-order valence-electron chi connectivity index (χ3n) is 3.20. The number of nitrogens with zero attached hydrogens (tertiary/aromatic N) is 2. The Morgan fingerprint density at radius 3 is 2.57 bits per heavy atom. The van der Waals surface area contributed by atoms with E-state index in [-0.39, 0.29) is 6.61 Å². The number of rotatable bonds is 10. The summed E-state index contributed by atoms with van der Waals surface area (Å²) < 4.78 is 10.4. The fourth-order valence-corrected chi connectivity index (χ4v) is 2.56. The summed E-state index contributed by atoms with van der Waals surface area (Å²) in [6.45, 7) is 9.24. The van der Waals surface area contributed by atoms with Crippen LogP contribution in [0.1, 0.15) is 59.8 Å². The average Bonchev–Trinajstić information content (AvgIpc) is 2.47. The Bertz CT molecular complexity index is 392. The van der Waals surface area contributed by atoms with Gasteiger partial charge in [0.05, 0.1) is 19.3 Å². The summed E-state index contributed by atoms with van der Waals surface area (Å²) in [5.74, 6) is 1.89. The maximum absolute atomic E-state index is 11.4. The number of aliphatic imine (C=N–C) groups is 1. The second-order valence-corrected chi connectivity index (χ2v) is 6.95. The van der Waals surface area contributed by atoms with Crippen molar-refractivity contribution in [2.45, 2.75) is 59.8 Å². The third-order valence-corrected chi connectivity index (χ3v) is 4.07. The summed E-state index contributed by atoms with van der Waals surface area (Å²) in [4.78, 5) is 15.2. The van der Waals surface area contributed by atoms with Gasteiger partial charge in [0, 0.05) is 12.2 Å². The highest BCUT2D eigenvalue weighted by Gasteiger charge is 2.09. The molecule has 0 rings (SSSR count). The molecule has 0 aliphatic rings. The van der Waals surface area contributed by atoms with Gasteiger partial charge in [0.25, 0.3) is 5.23 Å². The molecule has 1 amide bonds. The SMILES string of the molecule is CCOC(=O)N=C(OCCC(C)CCCC(C)C)SCCC#N. The molecule has 132 valence electrons. The van der Waals surface area contributed by atoms with Crippen LogP contribution in [0.2, 0.25) is 0 Å². The number of amides is 1. The first kappa shape index (κ1) is 21.8. The van der Waals surface area contributed by atoms with E-state index in [1.54, 1.807) is 6.92 Å². The zero-order valence-electron chi connectivity index (χ0n) is 14.8. The van der Waals surface area contributed by atoms with Crippen molar-refractivity contribution in [3.05, 3.63) is 0 Å². The Balaban J connectivity index is 4.16. The molecule has 0 fully saturated rings. The van der Waals surface area contributed by atoms with E-state index in [9.17, 15) is 4.79 Å². The predicted molar refractivity (Wildman–Crippen MR) is 95.6 cm³/mol. The molecule has 0 aliphatic heterocycles. The smallest absolute Gasteiger partial charge is 0.437 e. The molecule has 5 nitrogen and oxygen atoms in total. The van der Waals surface area contributed by atoms with Crippen LogP contribution in [0, 0.1) is 23.2 Å². The van der Waals surface area contributed by atoms with E-state index in [0.29, 0.717) is 29.9 Å². The van der Waals surface area contributed by atoms with E-state index in [0.717, 1.165) is 12.3 Å². The molecule has 1 atom stereocenters. The molecule has 0 bridgehead atoms. The molecular formula is C17H30N2O3S. The van der Waals surface area contributed by atoms with Gasteiger partial charge in [0.1, 0.15) is 0 Å². The fourth-order valence-electron chi connectivity index (χ4n) is 1.89. The minimum absolute atomic E-state index is 0.283. The second kappa shape index (κ2) is 14.4. The lowest BCUT2D eigenvalue weighted by Gasteiger charge is -2.13. The van der Waals surface area contributed by atoms with Gasteiger partial charge in [0.15, 0.2) is 0 Å². The van der Waals surface area contributed by atoms with Crippen molar-refractivity contribution in [1.82, 2.24) is 0 Å². The van der Waals surface area contributed by atoms with Gasteiger partial charge in [-0.2, -0.15) is 5.26 Å². The van der Waals surface area contributed by atoms with E-state index in [4.69, 9.17) is 14.7 Å². The highest BCUT2D eigenvalue weighted by molar-refractivity contribution is 8.13. The lowest BCUT2D eigenvalue weighted by Crippen LogP contribution is -2.10. The molecule has 0 aromatic carbocycles. The first-order valence-corrected chi connectivity index (χ1v) is 9.36. The summed E-state index contributed by atoms with van der Waals surface area (Å²) in [5.41, 5.74) is 0. The van der Waals surface area contributed by atoms with Gasteiger partial charge in [-0.3, -0.25) is 0 Å². The quantitative estimate of drug-likeness (QED) is 0.317. The van der Waals surface area contributed by atoms with E-state index in [1.807, 2.05) is 0 Å². The predicted octanol–water partition coefficient (Wildman–Crippen LogP) is 5.01. The van der Waals surface area contributed by atoms with Gasteiger partial charge in [0.2, 0.25) is 0 Å². The molecule has 0 saturated heterocycles. The molecule has 0 saturated carbocycles. The molecule has 6 heteroatoms. The van der Waals surface area contributed by atoms with Crippen LogP contribution in [-0.2, 0) is 9.47 Å². The third kappa shape index (κ3) is 14.1. The normalized spacial score (nSPS) is 12.8. The Kier molecular flexibility index (Phi) is 13.6. The molecule has 0 aliphatic carbocycles. The van der Waals surface area contributed by atoms with Crippen molar-refractivity contribution >= 4 is 23.1 Å². The van der Waals surface area contributed by atoms with Crippen molar-refractivity contribution < 1.29 is 14.3 Å². The van der Waals surface area contributed by atoms with Gasteiger partial charge in [-0.25, -0.2) is 4.79 Å². The molecule has 0 aromatic rings. The minimum Gasteiger partial charge on any atom is -0.473 e. The van der Waals surface area contributed by atoms with Gasteiger partial charge in [-0.05, 0) is 25.2 Å². The second-order valence-electron chi connectivity index (χ2n) is 5.90. The van der Waals surface area contributed by atoms with E-state index in [1.165, 1.54) is 31.0 Å². The first-order chi connectivity index (χ1) is 11.0. The van der Waals surface area contributed by atoms with Crippen LogP contribution in [0.5, 0.6) is 0 Å². The molecule has 23 heavy (non-hydrogen) atoms. The zero-order chi connectivity index (χ0) is 17.5. The lowest BCUT2D eigenvalue weighted by atomic mass is 9.98. The van der Waals surface area contributed by atoms with Crippen LogP contribution >= 0.6 is 11.8 Å². The highest BCUT2D eigenvalue weighted by atomic mass is 32.2. The van der Waals surface area contributed by atoms with E-state index in [2.05, 4.69) is 31.8 Å². The number of carbonyl (C=O) groups excluding carboxylic acids is 1. The zero-order valence-corrected chi connectivity index (χ0v) is 15.7. The summed E-state index contributed by atoms with van der Waals surface area (Å²) in [6, 6.07) is 2.06. The number of nitriles is 1. The number of ether oxygens (including phenoxy) is 2. The van der Waals surface area contributed by atoms with Gasteiger partial charge >= 0.3 is 6.09 Å². The molecular weight excluding hydrogens is 312 g/mol. The fraction of sp³-hybridized carbons (Fsp3) is 0.824. The van der Waals surface area contributed by atoms with Crippen molar-refractivity contribution in [2.75, 3.05) is 19.0 Å². The van der Waals surface area contributed by atoms with Crippen molar-refractivity contribution in [3.63, 3.8) is 0 Å². The summed E-state index contributed by atoms with van der Waals surface area (Å²) >= 11 is 1.28. The molecule has 0 N–H and O–H groups in total. The molecule has 0 spiro atoms. The Labute approximate surface area is 144 Å². The van der Waals surface area contributed by atoms with Crippen LogP contribution < -0.4 is 0 Å². The van der Waals surface area contributed by atoms with Gasteiger partial charge in [-0.15, -0.1) is 4.99 Å². The Morgan fingerprint density at radius 1 is 1.22 bits per heavy atom. The van der Waals surface area contributed by atoms with Crippen LogP contribution in [0.4, 0.5) is 4.79 Å². The van der Waals surface area contributed by atoms with Crippen molar-refractivity contribution in [2.24, 2.45) is 16.8 Å². The van der Waals surface area contributed by atoms with Crippen molar-refractivity contribution in [1.29, 1.82) is 5.26 Å². The monoisotopic (exact) mass is 342 g/mol. The van der Waals surface area contributed by atoms with Crippen molar-refractivity contribution in [3.8, 4) is 6.07 Å². The summed E-state index contributed by atoms with van der Waals surface area (Å²) in [6.07, 6.45) is 4.36. The molecule has 0 radical (unpaired) electrons. The Morgan fingerprint density at radius 2 is 1.96 bits per heavy atom. The summed E-state index contributed by atoms with van der Waals surface area (Å²) in [7, 11) is 0. The lowest BCUT2D eigenvalue weighted by molar-refractivity contribution is 0.162. The maximum Gasteiger partial charge on any atom is 0.437 e. The van der Waals surface area contributed by atoms with Crippen LogP contribution in [0.15, 0.2) is 4.99 Å². The first-order valence-electron chi connectivity index (χ1n) is 8.37.